The molecule has 21 heavy (non-hydrogen) atoms. The fraction of sp³-hybridized carbons (Fsp3) is 0.333. The van der Waals surface area contributed by atoms with Crippen LogP contribution in [-0.2, 0) is 13.5 Å². The van der Waals surface area contributed by atoms with E-state index in [1.165, 1.54) is 0 Å². The fourth-order valence-corrected chi connectivity index (χ4v) is 2.85. The summed E-state index contributed by atoms with van der Waals surface area (Å²) in [5, 5.41) is 4.54. The molecule has 110 valence electrons. The number of nitrogens with one attached hydrogen (secondary N) is 1. The van der Waals surface area contributed by atoms with Gasteiger partial charge in [-0.05, 0) is 49.8 Å². The van der Waals surface area contributed by atoms with Gasteiger partial charge in [0.25, 0.3) is 0 Å². The summed E-state index contributed by atoms with van der Waals surface area (Å²) in [6, 6.07) is 7.92. The Balaban J connectivity index is 2.17. The van der Waals surface area contributed by atoms with Crippen LogP contribution in [-0.4, -0.2) is 25.9 Å². The molecular formula is C15H18N4OS. The number of aromatic nitrogens is 4. The molecule has 0 aliphatic rings. The Morgan fingerprint density at radius 2 is 1.95 bits per heavy atom. The van der Waals surface area contributed by atoms with Crippen LogP contribution in [0.1, 0.15) is 19.5 Å². The van der Waals surface area contributed by atoms with Crippen molar-refractivity contribution >= 4 is 23.4 Å². The number of aryl methyl sites for hydroxylation is 2. The van der Waals surface area contributed by atoms with Crippen molar-refractivity contribution in [3.05, 3.63) is 34.7 Å². The molecule has 0 aliphatic heterocycles. The second-order valence-electron chi connectivity index (χ2n) is 4.81. The van der Waals surface area contributed by atoms with Gasteiger partial charge in [0, 0.05) is 7.05 Å². The van der Waals surface area contributed by atoms with Gasteiger partial charge in [0.15, 0.2) is 10.4 Å². The molecule has 0 radical (unpaired) electrons. The first-order valence-electron chi connectivity index (χ1n) is 7.05. The van der Waals surface area contributed by atoms with Crippen LogP contribution in [0.25, 0.3) is 16.9 Å². The van der Waals surface area contributed by atoms with E-state index in [2.05, 4.69) is 17.0 Å². The zero-order chi connectivity index (χ0) is 15.0. The highest BCUT2D eigenvalue weighted by Crippen LogP contribution is 2.23. The number of nitrogens with zero attached hydrogens (tertiary/aromatic N) is 3. The first kappa shape index (κ1) is 13.9. The summed E-state index contributed by atoms with van der Waals surface area (Å²) >= 11 is 5.47. The van der Waals surface area contributed by atoms with Crippen molar-refractivity contribution < 1.29 is 4.74 Å². The van der Waals surface area contributed by atoms with Crippen LogP contribution >= 0.6 is 12.2 Å². The summed E-state index contributed by atoms with van der Waals surface area (Å²) in [4.78, 5) is 3.27. The van der Waals surface area contributed by atoms with Crippen LogP contribution in [0.2, 0.25) is 0 Å². The van der Waals surface area contributed by atoms with Crippen molar-refractivity contribution in [3.63, 3.8) is 0 Å². The highest BCUT2D eigenvalue weighted by molar-refractivity contribution is 7.71. The van der Waals surface area contributed by atoms with Crippen molar-refractivity contribution in [2.24, 2.45) is 7.05 Å². The highest BCUT2D eigenvalue weighted by Gasteiger charge is 2.15. The molecule has 2 heterocycles. The van der Waals surface area contributed by atoms with E-state index in [-0.39, 0.29) is 0 Å². The second kappa shape index (κ2) is 5.37. The smallest absolute Gasteiger partial charge is 0.184 e. The van der Waals surface area contributed by atoms with Crippen LogP contribution < -0.4 is 4.74 Å². The molecule has 0 fully saturated rings. The molecule has 1 aromatic carbocycles. The van der Waals surface area contributed by atoms with Crippen molar-refractivity contribution in [3.8, 4) is 11.4 Å². The number of H-pyrrole nitrogens is 1. The third-order valence-corrected chi connectivity index (χ3v) is 3.76. The maximum absolute atomic E-state index is 5.48. The minimum Gasteiger partial charge on any atom is -0.494 e. The van der Waals surface area contributed by atoms with Crippen LogP contribution in [0.5, 0.6) is 5.75 Å². The number of hydrogen-bond donors (Lipinski definition) is 1. The lowest BCUT2D eigenvalue weighted by atomic mass is 10.3. The fourth-order valence-electron chi connectivity index (χ4n) is 2.56. The molecule has 3 aromatic rings. The van der Waals surface area contributed by atoms with Gasteiger partial charge in [0.1, 0.15) is 11.3 Å². The predicted molar refractivity (Wildman–Crippen MR) is 85.8 cm³/mol. The van der Waals surface area contributed by atoms with Gasteiger partial charge >= 0.3 is 0 Å². The van der Waals surface area contributed by atoms with E-state index in [1.54, 1.807) is 0 Å². The molecule has 1 N–H and O–H groups in total. The zero-order valence-corrected chi connectivity index (χ0v) is 13.2. The summed E-state index contributed by atoms with van der Waals surface area (Å²) in [6.07, 6.45) is 0.871. The van der Waals surface area contributed by atoms with E-state index in [0.717, 1.165) is 34.7 Å². The van der Waals surface area contributed by atoms with Crippen molar-refractivity contribution in [2.75, 3.05) is 6.61 Å². The molecule has 0 amide bonds. The van der Waals surface area contributed by atoms with E-state index in [0.29, 0.717) is 11.4 Å². The van der Waals surface area contributed by atoms with Crippen molar-refractivity contribution in [1.29, 1.82) is 0 Å². The Bertz CT molecular complexity index is 826. The summed E-state index contributed by atoms with van der Waals surface area (Å²) in [5.41, 5.74) is 4.03. The van der Waals surface area contributed by atoms with E-state index in [9.17, 15) is 0 Å². The van der Waals surface area contributed by atoms with Gasteiger partial charge in [-0.15, -0.1) is 0 Å². The Kier molecular flexibility index (Phi) is 3.55. The highest BCUT2D eigenvalue weighted by atomic mass is 32.1. The maximum atomic E-state index is 5.48. The minimum absolute atomic E-state index is 0.661. The monoisotopic (exact) mass is 302 g/mol. The number of fused-ring (bicyclic) bond motifs is 1. The Labute approximate surface area is 128 Å². The first-order chi connectivity index (χ1) is 10.2. The summed E-state index contributed by atoms with van der Waals surface area (Å²) in [6.45, 7) is 4.73. The van der Waals surface area contributed by atoms with Crippen LogP contribution in [0, 0.1) is 4.77 Å². The Morgan fingerprint density at radius 1 is 1.24 bits per heavy atom. The van der Waals surface area contributed by atoms with E-state index in [4.69, 9.17) is 17.0 Å². The number of imidazole rings is 1. The average Bonchev–Trinajstić information content (AvgIpc) is 2.97. The minimum atomic E-state index is 0.661. The van der Waals surface area contributed by atoms with Gasteiger partial charge in [0.05, 0.1) is 18.0 Å². The lowest BCUT2D eigenvalue weighted by molar-refractivity contribution is 0.340. The van der Waals surface area contributed by atoms with Gasteiger partial charge < -0.3 is 9.72 Å². The normalized spacial score (nSPS) is 11.2. The molecule has 0 saturated heterocycles. The molecule has 6 heteroatoms. The number of hydrogen-bond acceptors (Lipinski definition) is 3. The van der Waals surface area contributed by atoms with Crippen LogP contribution in [0.3, 0.4) is 0 Å². The summed E-state index contributed by atoms with van der Waals surface area (Å²) < 4.78 is 10.0. The Hall–Kier alpha value is -2.08. The number of ether oxygens (including phenoxy) is 1. The van der Waals surface area contributed by atoms with Gasteiger partial charge in [-0.25, -0.2) is 4.68 Å². The van der Waals surface area contributed by atoms with E-state index >= 15 is 0 Å². The maximum Gasteiger partial charge on any atom is 0.184 e. The molecule has 3 rings (SSSR count). The largest absolute Gasteiger partial charge is 0.494 e. The standard InChI is InChI=1S/C15H18N4OS/c1-4-12-13-14(18(3)17-12)19(15(21)16-13)10-6-8-11(9-7-10)20-5-2/h6-9H,4-5H2,1-3H3,(H,16,21). The number of rotatable bonds is 4. The van der Waals surface area contributed by atoms with Gasteiger partial charge in [-0.1, -0.05) is 6.92 Å². The first-order valence-corrected chi connectivity index (χ1v) is 7.46. The number of aromatic amines is 1. The average molecular weight is 302 g/mol. The van der Waals surface area contributed by atoms with E-state index in [1.807, 2.05) is 47.5 Å². The lowest BCUT2D eigenvalue weighted by Crippen LogP contribution is -2.01. The molecule has 0 spiro atoms. The second-order valence-corrected chi connectivity index (χ2v) is 5.20. The predicted octanol–water partition coefficient (Wildman–Crippen LogP) is 3.38. The lowest BCUT2D eigenvalue weighted by Gasteiger charge is -2.07. The third-order valence-electron chi connectivity index (χ3n) is 3.48. The van der Waals surface area contributed by atoms with Gasteiger partial charge in [-0.2, -0.15) is 5.10 Å². The third kappa shape index (κ3) is 2.25. The topological polar surface area (TPSA) is 47.8 Å². The molecule has 0 unspecified atom stereocenters. The molecule has 0 saturated carbocycles. The summed E-state index contributed by atoms with van der Waals surface area (Å²) in [7, 11) is 1.94. The van der Waals surface area contributed by atoms with Crippen molar-refractivity contribution in [1.82, 2.24) is 19.3 Å². The molecular weight excluding hydrogens is 284 g/mol. The quantitative estimate of drug-likeness (QED) is 0.752. The van der Waals surface area contributed by atoms with Crippen LogP contribution in [0.15, 0.2) is 24.3 Å². The molecule has 5 nitrogen and oxygen atoms in total. The van der Waals surface area contributed by atoms with Gasteiger partial charge in [-0.3, -0.25) is 4.57 Å². The molecule has 0 aliphatic carbocycles. The molecule has 0 atom stereocenters. The van der Waals surface area contributed by atoms with Crippen molar-refractivity contribution in [2.45, 2.75) is 20.3 Å². The zero-order valence-electron chi connectivity index (χ0n) is 12.4. The van der Waals surface area contributed by atoms with Crippen LogP contribution in [0.4, 0.5) is 0 Å². The Morgan fingerprint density at radius 3 is 2.57 bits per heavy atom. The van der Waals surface area contributed by atoms with E-state index < -0.39 is 0 Å². The molecule has 0 bridgehead atoms. The van der Waals surface area contributed by atoms with Gasteiger partial charge in [0.2, 0.25) is 0 Å². The molecule has 2 aromatic heterocycles. The number of benzene rings is 1. The SMILES string of the molecule is CCOc1ccc(-n2c(=S)[nH]c3c(CC)nn(C)c32)cc1. The summed E-state index contributed by atoms with van der Waals surface area (Å²) in [5.74, 6) is 0.860.